The van der Waals surface area contributed by atoms with Crippen LogP contribution in [0.5, 0.6) is 0 Å². The van der Waals surface area contributed by atoms with E-state index >= 15 is 0 Å². The van der Waals surface area contributed by atoms with Gasteiger partial charge in [0.1, 0.15) is 0 Å². The Kier molecular flexibility index (Phi) is 10.6. The molecule has 4 aliphatic carbocycles. The van der Waals surface area contributed by atoms with Crippen LogP contribution in [0.15, 0.2) is 243 Å². The van der Waals surface area contributed by atoms with Gasteiger partial charge in [0.2, 0.25) is 0 Å². The molecule has 0 saturated carbocycles. The Hall–Kier alpha value is -8.78. The zero-order valence-corrected chi connectivity index (χ0v) is 48.0. The van der Waals surface area contributed by atoms with Crippen molar-refractivity contribution in [1.82, 2.24) is 0 Å². The SMILES string of the molecule is CC(C)(C)c1ccc2c(c1)-c1cc(C(C)(C)C)ccc1C21c2ccccc2-c2c(N(c3ccc(-c4ccccc4-c4cccc5c4C(C)(C)c4ccccc4-5)cc3)c3ccc4c(c3)C(C)(c3ccccc3)c3ccccc3-4)cccc21. The van der Waals surface area contributed by atoms with Crippen molar-refractivity contribution in [2.24, 2.45) is 0 Å². The summed E-state index contributed by atoms with van der Waals surface area (Å²) in [5, 5.41) is 0. The predicted octanol–water partition coefficient (Wildman–Crippen LogP) is 21.1. The Morgan fingerprint density at radius 2 is 0.778 bits per heavy atom. The molecule has 0 bridgehead atoms. The summed E-state index contributed by atoms with van der Waals surface area (Å²) in [6.07, 6.45) is 0. The van der Waals surface area contributed by atoms with Crippen molar-refractivity contribution in [3.8, 4) is 66.8 Å². The Bertz CT molecular complexity index is 4340. The number of benzene rings is 11. The van der Waals surface area contributed by atoms with E-state index in [0.29, 0.717) is 0 Å². The average molecular weight is 1040 g/mol. The van der Waals surface area contributed by atoms with Gasteiger partial charge in [-0.1, -0.05) is 268 Å². The molecule has 0 amide bonds. The second-order valence-electron chi connectivity index (χ2n) is 26.1. The first-order valence-electron chi connectivity index (χ1n) is 29.2. The van der Waals surface area contributed by atoms with E-state index < -0.39 is 5.41 Å². The van der Waals surface area contributed by atoms with E-state index in [1.807, 2.05) is 0 Å². The first-order chi connectivity index (χ1) is 39.1. The zero-order valence-electron chi connectivity index (χ0n) is 48.0. The summed E-state index contributed by atoms with van der Waals surface area (Å²) in [6.45, 7) is 21.3. The average Bonchev–Trinajstić information content (AvgIpc) is 1.95. The topological polar surface area (TPSA) is 3.24 Å². The van der Waals surface area contributed by atoms with E-state index in [1.165, 1.54) is 128 Å². The highest BCUT2D eigenvalue weighted by Crippen LogP contribution is 2.66. The Morgan fingerprint density at radius 1 is 0.309 bits per heavy atom. The summed E-state index contributed by atoms with van der Waals surface area (Å²) in [7, 11) is 0. The van der Waals surface area contributed by atoms with Crippen molar-refractivity contribution in [2.45, 2.75) is 89.4 Å². The van der Waals surface area contributed by atoms with Crippen molar-refractivity contribution >= 4 is 17.1 Å². The van der Waals surface area contributed by atoms with Crippen LogP contribution in [0.1, 0.15) is 124 Å². The summed E-state index contributed by atoms with van der Waals surface area (Å²) in [5.41, 5.74) is 32.6. The first-order valence-corrected chi connectivity index (χ1v) is 29.2. The molecular formula is C80H67N. The van der Waals surface area contributed by atoms with Gasteiger partial charge in [0.05, 0.1) is 11.1 Å². The maximum atomic E-state index is 2.57. The van der Waals surface area contributed by atoms with Gasteiger partial charge in [-0.15, -0.1) is 0 Å². The largest absolute Gasteiger partial charge is 0.310 e. The normalized spacial score (nSPS) is 16.2. The molecule has 11 aromatic rings. The lowest BCUT2D eigenvalue weighted by Gasteiger charge is -2.33. The van der Waals surface area contributed by atoms with E-state index in [-0.39, 0.29) is 21.7 Å². The van der Waals surface area contributed by atoms with Crippen molar-refractivity contribution < 1.29 is 0 Å². The van der Waals surface area contributed by atoms with Crippen LogP contribution in [0.2, 0.25) is 0 Å². The van der Waals surface area contributed by atoms with Gasteiger partial charge in [-0.2, -0.15) is 0 Å². The lowest BCUT2D eigenvalue weighted by Crippen LogP contribution is -2.26. The summed E-state index contributed by atoms with van der Waals surface area (Å²) in [5.74, 6) is 0. The molecule has 0 aromatic heterocycles. The van der Waals surface area contributed by atoms with Gasteiger partial charge in [-0.05, 0) is 170 Å². The molecule has 0 N–H and O–H groups in total. The fourth-order valence-corrected chi connectivity index (χ4v) is 15.3. The molecule has 15 rings (SSSR count). The lowest BCUT2D eigenvalue weighted by molar-refractivity contribution is 0.589. The molecule has 0 fully saturated rings. The smallest absolute Gasteiger partial charge is 0.0726 e. The van der Waals surface area contributed by atoms with Gasteiger partial charge in [-0.25, -0.2) is 0 Å². The fraction of sp³-hybridized carbons (Fsp3) is 0.175. The van der Waals surface area contributed by atoms with Gasteiger partial charge in [0.15, 0.2) is 0 Å². The minimum Gasteiger partial charge on any atom is -0.310 e. The Balaban J connectivity index is 0.958. The molecule has 0 heterocycles. The van der Waals surface area contributed by atoms with Crippen LogP contribution in [0, 0.1) is 0 Å². The van der Waals surface area contributed by atoms with Crippen molar-refractivity contribution in [2.75, 3.05) is 4.90 Å². The molecule has 1 nitrogen and oxygen atoms in total. The zero-order chi connectivity index (χ0) is 55.4. The highest BCUT2D eigenvalue weighted by Gasteiger charge is 2.53. The summed E-state index contributed by atoms with van der Waals surface area (Å²) >= 11 is 0. The van der Waals surface area contributed by atoms with Crippen LogP contribution in [0.3, 0.4) is 0 Å². The number of anilines is 3. The van der Waals surface area contributed by atoms with Crippen LogP contribution in [-0.2, 0) is 27.1 Å². The molecule has 0 radical (unpaired) electrons. The van der Waals surface area contributed by atoms with E-state index in [1.54, 1.807) is 0 Å². The van der Waals surface area contributed by atoms with Crippen LogP contribution in [0.4, 0.5) is 17.1 Å². The first kappa shape index (κ1) is 49.3. The standard InChI is InChI=1S/C80H67N/c1-76(2,3)52-39-45-69-64(47-52)65-48-53(77(4,5)6)40-46-70(65)80(69)68-34-20-17-29-63(68)74-71(80)35-22-36-73(74)81(55-43-44-60-58-27-16-19-33-67(58)79(9,72(60)49-55)51-23-11-10-12-24-51)54-41-37-50(38-42-54)56-25-13-14-26-57(56)61-30-21-31-62-59-28-15-18-32-66(59)78(7,8)75(61)62/h10-49H,1-9H3. The third-order valence-corrected chi connectivity index (χ3v) is 19.3. The second-order valence-corrected chi connectivity index (χ2v) is 26.1. The molecule has 1 heteroatoms. The molecule has 11 aromatic carbocycles. The van der Waals surface area contributed by atoms with Gasteiger partial charge in [0.25, 0.3) is 0 Å². The highest BCUT2D eigenvalue weighted by molar-refractivity contribution is 6.02. The maximum absolute atomic E-state index is 2.57. The Labute approximate surface area is 479 Å². The number of fused-ring (bicyclic) bond motifs is 16. The molecule has 4 aliphatic rings. The third-order valence-electron chi connectivity index (χ3n) is 19.3. The van der Waals surface area contributed by atoms with Gasteiger partial charge < -0.3 is 4.90 Å². The minimum absolute atomic E-state index is 0.0116. The van der Waals surface area contributed by atoms with Crippen molar-refractivity contribution in [3.05, 3.63) is 304 Å². The molecule has 0 aliphatic heterocycles. The number of nitrogens with zero attached hydrogens (tertiary/aromatic N) is 1. The second kappa shape index (κ2) is 17.4. The fourth-order valence-electron chi connectivity index (χ4n) is 15.3. The van der Waals surface area contributed by atoms with E-state index in [4.69, 9.17) is 0 Å². The van der Waals surface area contributed by atoms with Crippen molar-refractivity contribution in [1.29, 1.82) is 0 Å². The minimum atomic E-state index is -0.530. The summed E-state index contributed by atoms with van der Waals surface area (Å²) in [4.78, 5) is 2.57. The molecule has 0 saturated heterocycles. The van der Waals surface area contributed by atoms with Gasteiger partial charge in [-0.3, -0.25) is 0 Å². The number of hydrogen-bond donors (Lipinski definition) is 0. The molecule has 392 valence electrons. The molecule has 1 spiro atoms. The van der Waals surface area contributed by atoms with Crippen LogP contribution >= 0.6 is 0 Å². The van der Waals surface area contributed by atoms with E-state index in [9.17, 15) is 0 Å². The van der Waals surface area contributed by atoms with Crippen LogP contribution in [-0.4, -0.2) is 0 Å². The quantitative estimate of drug-likeness (QED) is 0.160. The predicted molar refractivity (Wildman–Crippen MR) is 341 cm³/mol. The number of hydrogen-bond acceptors (Lipinski definition) is 1. The molecule has 1 unspecified atom stereocenters. The Morgan fingerprint density at radius 3 is 1.42 bits per heavy atom. The molecule has 1 atom stereocenters. The van der Waals surface area contributed by atoms with Crippen LogP contribution < -0.4 is 4.90 Å². The third kappa shape index (κ3) is 6.91. The van der Waals surface area contributed by atoms with E-state index in [2.05, 4.69) is 310 Å². The monoisotopic (exact) mass is 1040 g/mol. The highest BCUT2D eigenvalue weighted by atomic mass is 15.1. The van der Waals surface area contributed by atoms with Crippen molar-refractivity contribution in [3.63, 3.8) is 0 Å². The number of rotatable bonds is 6. The van der Waals surface area contributed by atoms with E-state index in [0.717, 1.165) is 17.1 Å². The molecular weight excluding hydrogens is 975 g/mol. The van der Waals surface area contributed by atoms with Gasteiger partial charge in [0, 0.05) is 27.8 Å². The summed E-state index contributed by atoms with van der Waals surface area (Å²) in [6, 6.07) is 93.1. The maximum Gasteiger partial charge on any atom is 0.0726 e. The lowest BCUT2D eigenvalue weighted by atomic mass is 9.70. The van der Waals surface area contributed by atoms with Crippen LogP contribution in [0.25, 0.3) is 66.8 Å². The molecule has 81 heavy (non-hydrogen) atoms. The summed E-state index contributed by atoms with van der Waals surface area (Å²) < 4.78 is 0. The van der Waals surface area contributed by atoms with Gasteiger partial charge >= 0.3 is 0 Å².